The Balaban J connectivity index is 2.37. The average Bonchev–Trinajstić information content (AvgIpc) is 2.42. The van der Waals surface area contributed by atoms with E-state index in [-0.39, 0.29) is 13.0 Å². The second-order valence-electron chi connectivity index (χ2n) is 2.57. The van der Waals surface area contributed by atoms with Gasteiger partial charge in [0.1, 0.15) is 6.61 Å². The normalized spacial score (nSPS) is 20.1. The standard InChI is InChI=1S/C8H9NO5/c1-2-3-13-8(12)14-5-4-6(10)9-7(5)11/h2,5H,1,3-4H2,(H,9,10,11). The average molecular weight is 199 g/mol. The van der Waals surface area contributed by atoms with E-state index in [0.717, 1.165) is 0 Å². The summed E-state index contributed by atoms with van der Waals surface area (Å²) in [5.41, 5.74) is 0. The summed E-state index contributed by atoms with van der Waals surface area (Å²) in [5.74, 6) is -1.08. The number of imide groups is 1. The molecule has 0 aromatic rings. The van der Waals surface area contributed by atoms with E-state index >= 15 is 0 Å². The van der Waals surface area contributed by atoms with E-state index in [0.29, 0.717) is 0 Å². The highest BCUT2D eigenvalue weighted by molar-refractivity contribution is 6.05. The fourth-order valence-electron chi connectivity index (χ4n) is 0.902. The van der Waals surface area contributed by atoms with Crippen molar-refractivity contribution < 1.29 is 23.9 Å². The van der Waals surface area contributed by atoms with Crippen molar-refractivity contribution >= 4 is 18.0 Å². The van der Waals surface area contributed by atoms with Gasteiger partial charge >= 0.3 is 6.16 Å². The number of hydrogen-bond acceptors (Lipinski definition) is 5. The molecule has 2 amide bonds. The van der Waals surface area contributed by atoms with Crippen LogP contribution >= 0.6 is 0 Å². The SMILES string of the molecule is C=CCOC(=O)OC1CC(=O)NC1=O. The fraction of sp³-hybridized carbons (Fsp3) is 0.375. The van der Waals surface area contributed by atoms with Gasteiger partial charge < -0.3 is 9.47 Å². The van der Waals surface area contributed by atoms with Crippen molar-refractivity contribution in [2.75, 3.05) is 6.61 Å². The second-order valence-corrected chi connectivity index (χ2v) is 2.57. The molecule has 1 aliphatic rings. The van der Waals surface area contributed by atoms with Gasteiger partial charge in [0.2, 0.25) is 5.91 Å². The number of nitrogens with one attached hydrogen (secondary N) is 1. The molecule has 0 aromatic heterocycles. The fourth-order valence-corrected chi connectivity index (χ4v) is 0.902. The van der Waals surface area contributed by atoms with Crippen molar-refractivity contribution in [2.45, 2.75) is 12.5 Å². The van der Waals surface area contributed by atoms with Crippen LogP contribution in [-0.4, -0.2) is 30.7 Å². The Hall–Kier alpha value is -1.85. The predicted octanol–water partition coefficient (Wildman–Crippen LogP) is -0.259. The van der Waals surface area contributed by atoms with E-state index in [9.17, 15) is 14.4 Å². The van der Waals surface area contributed by atoms with Crippen LogP contribution in [0.25, 0.3) is 0 Å². The number of carbonyl (C=O) groups is 3. The molecule has 1 heterocycles. The molecular weight excluding hydrogens is 190 g/mol. The third-order valence-electron chi connectivity index (χ3n) is 1.48. The van der Waals surface area contributed by atoms with Crippen LogP contribution < -0.4 is 5.32 Å². The molecule has 0 aromatic carbocycles. The lowest BCUT2D eigenvalue weighted by atomic mass is 10.3. The molecule has 0 saturated carbocycles. The number of amides is 2. The van der Waals surface area contributed by atoms with Gasteiger partial charge in [-0.25, -0.2) is 4.79 Å². The topological polar surface area (TPSA) is 81.7 Å². The monoisotopic (exact) mass is 199 g/mol. The molecule has 0 radical (unpaired) electrons. The van der Waals surface area contributed by atoms with Crippen LogP contribution in [0.15, 0.2) is 12.7 Å². The molecule has 1 rings (SSSR count). The van der Waals surface area contributed by atoms with Crippen molar-refractivity contribution in [2.24, 2.45) is 0 Å². The van der Waals surface area contributed by atoms with Crippen molar-refractivity contribution in [3.8, 4) is 0 Å². The van der Waals surface area contributed by atoms with E-state index < -0.39 is 24.1 Å². The Kier molecular flexibility index (Phi) is 3.22. The van der Waals surface area contributed by atoms with E-state index in [1.54, 1.807) is 0 Å². The Bertz CT molecular complexity index is 285. The van der Waals surface area contributed by atoms with Crippen LogP contribution in [0.3, 0.4) is 0 Å². The number of hydrogen-bond donors (Lipinski definition) is 1. The van der Waals surface area contributed by atoms with Gasteiger partial charge in [0.25, 0.3) is 5.91 Å². The van der Waals surface area contributed by atoms with Gasteiger partial charge in [-0.15, -0.1) is 0 Å². The number of carbonyl (C=O) groups excluding carboxylic acids is 3. The largest absolute Gasteiger partial charge is 0.509 e. The van der Waals surface area contributed by atoms with Crippen LogP contribution in [0.2, 0.25) is 0 Å². The lowest BCUT2D eigenvalue weighted by Gasteiger charge is -2.07. The van der Waals surface area contributed by atoms with Crippen LogP contribution in [0, 0.1) is 0 Å². The molecule has 1 fully saturated rings. The highest BCUT2D eigenvalue weighted by Crippen LogP contribution is 2.07. The third-order valence-corrected chi connectivity index (χ3v) is 1.48. The zero-order chi connectivity index (χ0) is 10.6. The highest BCUT2D eigenvalue weighted by Gasteiger charge is 2.34. The molecule has 1 atom stereocenters. The number of ether oxygens (including phenoxy) is 2. The molecular formula is C8H9NO5. The first-order chi connectivity index (χ1) is 6.63. The first kappa shape index (κ1) is 10.2. The zero-order valence-electron chi connectivity index (χ0n) is 7.32. The van der Waals surface area contributed by atoms with E-state index in [4.69, 9.17) is 0 Å². The maximum Gasteiger partial charge on any atom is 0.509 e. The third kappa shape index (κ3) is 2.58. The minimum Gasteiger partial charge on any atom is -0.430 e. The maximum absolute atomic E-state index is 10.9. The van der Waals surface area contributed by atoms with Gasteiger partial charge in [-0.05, 0) is 0 Å². The smallest absolute Gasteiger partial charge is 0.430 e. The Morgan fingerprint density at radius 1 is 1.64 bits per heavy atom. The van der Waals surface area contributed by atoms with Crippen molar-refractivity contribution in [3.63, 3.8) is 0 Å². The lowest BCUT2D eigenvalue weighted by molar-refractivity contribution is -0.128. The second kappa shape index (κ2) is 4.40. The zero-order valence-corrected chi connectivity index (χ0v) is 7.32. The van der Waals surface area contributed by atoms with E-state index in [2.05, 4.69) is 16.1 Å². The molecule has 1 saturated heterocycles. The summed E-state index contributed by atoms with van der Waals surface area (Å²) in [7, 11) is 0. The molecule has 1 aliphatic heterocycles. The predicted molar refractivity (Wildman–Crippen MR) is 44.2 cm³/mol. The van der Waals surface area contributed by atoms with Gasteiger partial charge in [-0.3, -0.25) is 14.9 Å². The van der Waals surface area contributed by atoms with Crippen LogP contribution in [-0.2, 0) is 19.1 Å². The number of rotatable bonds is 3. The quantitative estimate of drug-likeness (QED) is 0.384. The summed E-state index contributed by atoms with van der Waals surface area (Å²) >= 11 is 0. The minimum atomic E-state index is -1.07. The van der Waals surface area contributed by atoms with E-state index in [1.165, 1.54) is 6.08 Å². The first-order valence-corrected chi connectivity index (χ1v) is 3.91. The first-order valence-electron chi connectivity index (χ1n) is 3.91. The Morgan fingerprint density at radius 3 is 2.86 bits per heavy atom. The molecule has 6 nitrogen and oxygen atoms in total. The van der Waals surface area contributed by atoms with Gasteiger partial charge in [0.15, 0.2) is 6.10 Å². The Labute approximate surface area is 79.9 Å². The summed E-state index contributed by atoms with van der Waals surface area (Å²) in [6, 6.07) is 0. The summed E-state index contributed by atoms with van der Waals surface area (Å²) in [6.07, 6.45) is -0.844. The van der Waals surface area contributed by atoms with Crippen molar-refractivity contribution in [1.29, 1.82) is 0 Å². The van der Waals surface area contributed by atoms with Gasteiger partial charge in [0, 0.05) is 0 Å². The van der Waals surface area contributed by atoms with Gasteiger partial charge in [0.05, 0.1) is 6.42 Å². The van der Waals surface area contributed by atoms with Crippen molar-refractivity contribution in [3.05, 3.63) is 12.7 Å². The lowest BCUT2D eigenvalue weighted by Crippen LogP contribution is -2.28. The summed E-state index contributed by atoms with van der Waals surface area (Å²) in [4.78, 5) is 32.4. The molecule has 6 heteroatoms. The van der Waals surface area contributed by atoms with Gasteiger partial charge in [-0.2, -0.15) is 0 Å². The molecule has 1 N–H and O–H groups in total. The van der Waals surface area contributed by atoms with E-state index in [1.807, 2.05) is 5.32 Å². The molecule has 0 aliphatic carbocycles. The highest BCUT2D eigenvalue weighted by atomic mass is 16.7. The Morgan fingerprint density at radius 2 is 2.36 bits per heavy atom. The molecule has 14 heavy (non-hydrogen) atoms. The summed E-state index contributed by atoms with van der Waals surface area (Å²) in [5, 5.41) is 2.00. The van der Waals surface area contributed by atoms with Crippen LogP contribution in [0.5, 0.6) is 0 Å². The minimum absolute atomic E-state index is 0.00111. The summed E-state index contributed by atoms with van der Waals surface area (Å²) < 4.78 is 9.02. The van der Waals surface area contributed by atoms with Crippen LogP contribution in [0.4, 0.5) is 4.79 Å². The van der Waals surface area contributed by atoms with Gasteiger partial charge in [-0.1, -0.05) is 12.7 Å². The molecule has 1 unspecified atom stereocenters. The molecule has 76 valence electrons. The molecule has 0 spiro atoms. The summed E-state index contributed by atoms with van der Waals surface area (Å²) in [6.45, 7) is 3.33. The van der Waals surface area contributed by atoms with Crippen LogP contribution in [0.1, 0.15) is 6.42 Å². The molecule has 0 bridgehead atoms. The maximum atomic E-state index is 10.9. The van der Waals surface area contributed by atoms with Crippen molar-refractivity contribution in [1.82, 2.24) is 5.32 Å².